The van der Waals surface area contributed by atoms with E-state index in [-0.39, 0.29) is 0 Å². The third kappa shape index (κ3) is 3.65. The van der Waals surface area contributed by atoms with E-state index in [1.54, 1.807) is 0 Å². The van der Waals surface area contributed by atoms with Gasteiger partial charge in [0.1, 0.15) is 0 Å². The van der Waals surface area contributed by atoms with Gasteiger partial charge < -0.3 is 10.1 Å². The van der Waals surface area contributed by atoms with Gasteiger partial charge in [-0.15, -0.1) is 0 Å². The zero-order chi connectivity index (χ0) is 10.6. The first-order valence-electron chi connectivity index (χ1n) is 6.15. The van der Waals surface area contributed by atoms with E-state index in [1.165, 1.54) is 44.4 Å². The van der Waals surface area contributed by atoms with Gasteiger partial charge in [-0.3, -0.25) is 0 Å². The first kappa shape index (κ1) is 11.7. The Morgan fingerprint density at radius 2 is 2.33 bits per heavy atom. The van der Waals surface area contributed by atoms with Crippen molar-refractivity contribution in [3.63, 3.8) is 0 Å². The smallest absolute Gasteiger partial charge is 0.0535 e. The second-order valence-corrected chi connectivity index (χ2v) is 6.04. The van der Waals surface area contributed by atoms with Crippen LogP contribution in [0, 0.1) is 5.41 Å². The second kappa shape index (κ2) is 5.55. The second-order valence-electron chi connectivity index (χ2n) is 5.05. The third-order valence-electron chi connectivity index (χ3n) is 3.58. The Bertz CT molecular complexity index is 188. The first-order chi connectivity index (χ1) is 7.35. The highest BCUT2D eigenvalue weighted by Gasteiger charge is 2.35. The highest BCUT2D eigenvalue weighted by Crippen LogP contribution is 2.34. The molecule has 1 unspecified atom stereocenters. The summed E-state index contributed by atoms with van der Waals surface area (Å²) in [7, 11) is 0. The van der Waals surface area contributed by atoms with Crippen molar-refractivity contribution in [2.45, 2.75) is 38.1 Å². The molecule has 0 amide bonds. The van der Waals surface area contributed by atoms with Crippen molar-refractivity contribution in [3.05, 3.63) is 0 Å². The van der Waals surface area contributed by atoms with Gasteiger partial charge in [-0.2, -0.15) is 11.8 Å². The molecule has 3 heteroatoms. The van der Waals surface area contributed by atoms with Gasteiger partial charge in [-0.1, -0.05) is 0 Å². The van der Waals surface area contributed by atoms with Crippen LogP contribution in [0.5, 0.6) is 0 Å². The molecular formula is C12H23NOS. The predicted molar refractivity (Wildman–Crippen MR) is 66.5 cm³/mol. The minimum Gasteiger partial charge on any atom is -0.381 e. The van der Waals surface area contributed by atoms with Gasteiger partial charge in [0.25, 0.3) is 0 Å². The molecule has 2 fully saturated rings. The summed E-state index contributed by atoms with van der Waals surface area (Å²) in [5.41, 5.74) is 0.471. The maximum absolute atomic E-state index is 5.60. The molecule has 0 aromatic heterocycles. The number of ether oxygens (including phenoxy) is 1. The minimum absolute atomic E-state index is 0.471. The van der Waals surface area contributed by atoms with Crippen molar-refractivity contribution in [1.82, 2.24) is 5.32 Å². The largest absolute Gasteiger partial charge is 0.381 e. The number of thioether (sulfide) groups is 1. The fraction of sp³-hybridized carbons (Fsp3) is 1.00. The topological polar surface area (TPSA) is 21.3 Å². The lowest BCUT2D eigenvalue weighted by atomic mass is 9.82. The molecule has 1 saturated heterocycles. The third-order valence-corrected chi connectivity index (χ3v) is 4.28. The van der Waals surface area contributed by atoms with Crippen LogP contribution in [0.2, 0.25) is 0 Å². The quantitative estimate of drug-likeness (QED) is 0.677. The number of hydrogen-bond acceptors (Lipinski definition) is 3. The molecule has 0 bridgehead atoms. The van der Waals surface area contributed by atoms with E-state index in [0.29, 0.717) is 5.41 Å². The maximum Gasteiger partial charge on any atom is 0.0535 e. The lowest BCUT2D eigenvalue weighted by Gasteiger charge is -2.27. The minimum atomic E-state index is 0.471. The number of nitrogens with one attached hydrogen (secondary N) is 1. The van der Waals surface area contributed by atoms with Gasteiger partial charge in [0.2, 0.25) is 0 Å². The number of rotatable bonds is 7. The Balaban J connectivity index is 1.73. The lowest BCUT2D eigenvalue weighted by Crippen LogP contribution is -2.36. The van der Waals surface area contributed by atoms with E-state index in [0.717, 1.165) is 19.3 Å². The van der Waals surface area contributed by atoms with Gasteiger partial charge in [0, 0.05) is 24.6 Å². The van der Waals surface area contributed by atoms with Crippen LogP contribution in [0.25, 0.3) is 0 Å². The molecule has 1 aliphatic carbocycles. The molecule has 0 spiro atoms. The normalized spacial score (nSPS) is 31.0. The maximum atomic E-state index is 5.60. The highest BCUT2D eigenvalue weighted by molar-refractivity contribution is 7.98. The van der Waals surface area contributed by atoms with Crippen molar-refractivity contribution in [3.8, 4) is 0 Å². The first-order valence-corrected chi connectivity index (χ1v) is 7.54. The van der Waals surface area contributed by atoms with E-state index in [1.807, 2.05) is 11.8 Å². The molecule has 1 saturated carbocycles. The summed E-state index contributed by atoms with van der Waals surface area (Å²) in [6.45, 7) is 3.15. The summed E-state index contributed by atoms with van der Waals surface area (Å²) < 4.78 is 5.60. The molecule has 1 heterocycles. The van der Waals surface area contributed by atoms with E-state index < -0.39 is 0 Å². The van der Waals surface area contributed by atoms with Crippen molar-refractivity contribution >= 4 is 11.8 Å². The summed E-state index contributed by atoms with van der Waals surface area (Å²) in [6.07, 6.45) is 8.93. The molecule has 1 N–H and O–H groups in total. The zero-order valence-electron chi connectivity index (χ0n) is 9.76. The van der Waals surface area contributed by atoms with Crippen LogP contribution in [0.4, 0.5) is 0 Å². The van der Waals surface area contributed by atoms with Crippen LogP contribution >= 0.6 is 11.8 Å². The van der Waals surface area contributed by atoms with Gasteiger partial charge in [0.05, 0.1) is 6.61 Å². The molecular weight excluding hydrogens is 206 g/mol. The SMILES string of the molecule is CSCCCC1(CNC2CC2)CCOC1. The molecule has 1 aliphatic heterocycles. The molecule has 2 rings (SSSR count). The molecule has 1 atom stereocenters. The van der Waals surface area contributed by atoms with Crippen LogP contribution in [0.1, 0.15) is 32.1 Å². The van der Waals surface area contributed by atoms with Gasteiger partial charge in [0.15, 0.2) is 0 Å². The number of hydrogen-bond donors (Lipinski definition) is 1. The van der Waals surface area contributed by atoms with Gasteiger partial charge >= 0.3 is 0 Å². The van der Waals surface area contributed by atoms with Crippen molar-refractivity contribution in [1.29, 1.82) is 0 Å². The molecule has 2 aliphatic rings. The van der Waals surface area contributed by atoms with Crippen LogP contribution in [0.15, 0.2) is 0 Å². The molecule has 0 aromatic rings. The molecule has 2 nitrogen and oxygen atoms in total. The average molecular weight is 229 g/mol. The van der Waals surface area contributed by atoms with E-state index in [9.17, 15) is 0 Å². The summed E-state index contributed by atoms with van der Waals surface area (Å²) in [5, 5.41) is 3.68. The van der Waals surface area contributed by atoms with Crippen LogP contribution in [0.3, 0.4) is 0 Å². The van der Waals surface area contributed by atoms with E-state index in [4.69, 9.17) is 4.74 Å². The lowest BCUT2D eigenvalue weighted by molar-refractivity contribution is 0.143. The van der Waals surface area contributed by atoms with E-state index >= 15 is 0 Å². The highest BCUT2D eigenvalue weighted by atomic mass is 32.2. The molecule has 88 valence electrons. The van der Waals surface area contributed by atoms with Crippen molar-refractivity contribution in [2.75, 3.05) is 31.8 Å². The van der Waals surface area contributed by atoms with Crippen LogP contribution in [-0.4, -0.2) is 37.8 Å². The standard InChI is InChI=1S/C12H23NOS/c1-15-8-2-5-12(6-7-14-10-12)9-13-11-3-4-11/h11,13H,2-10H2,1H3. The van der Waals surface area contributed by atoms with Gasteiger partial charge in [-0.05, 0) is 44.1 Å². The Morgan fingerprint density at radius 1 is 1.47 bits per heavy atom. The average Bonchev–Trinajstić information content (AvgIpc) is 2.97. The molecule has 0 aromatic carbocycles. The predicted octanol–water partition coefficient (Wildman–Crippen LogP) is 2.29. The molecule has 15 heavy (non-hydrogen) atoms. The van der Waals surface area contributed by atoms with Gasteiger partial charge in [-0.25, -0.2) is 0 Å². The van der Waals surface area contributed by atoms with Crippen LogP contribution < -0.4 is 5.32 Å². The van der Waals surface area contributed by atoms with Crippen LogP contribution in [-0.2, 0) is 4.74 Å². The Morgan fingerprint density at radius 3 is 2.93 bits per heavy atom. The molecule has 0 radical (unpaired) electrons. The summed E-state index contributed by atoms with van der Waals surface area (Å²) in [6, 6.07) is 0.836. The summed E-state index contributed by atoms with van der Waals surface area (Å²) >= 11 is 1.96. The van der Waals surface area contributed by atoms with Crippen molar-refractivity contribution in [2.24, 2.45) is 5.41 Å². The summed E-state index contributed by atoms with van der Waals surface area (Å²) in [4.78, 5) is 0. The van der Waals surface area contributed by atoms with E-state index in [2.05, 4.69) is 11.6 Å². The summed E-state index contributed by atoms with van der Waals surface area (Å²) in [5.74, 6) is 1.30. The zero-order valence-corrected chi connectivity index (χ0v) is 10.6. The Labute approximate surface area is 97.5 Å². The fourth-order valence-electron chi connectivity index (χ4n) is 2.31. The monoisotopic (exact) mass is 229 g/mol. The Hall–Kier alpha value is 0.270. The van der Waals surface area contributed by atoms with Crippen molar-refractivity contribution < 1.29 is 4.74 Å². The Kier molecular flexibility index (Phi) is 4.35. The fourth-order valence-corrected chi connectivity index (χ4v) is 2.75.